The van der Waals surface area contributed by atoms with Gasteiger partial charge in [-0.05, 0) is 31.4 Å². The third-order valence-electron chi connectivity index (χ3n) is 6.15. The molecule has 0 amide bonds. The monoisotopic (exact) mass is 474 g/mol. The Morgan fingerprint density at radius 1 is 1.09 bits per heavy atom. The van der Waals surface area contributed by atoms with E-state index in [-0.39, 0.29) is 11.7 Å². The number of anilines is 1. The van der Waals surface area contributed by atoms with Crippen molar-refractivity contribution in [1.82, 2.24) is 14.3 Å². The van der Waals surface area contributed by atoms with Crippen molar-refractivity contribution in [2.24, 2.45) is 0 Å². The number of hydrogen-bond acceptors (Lipinski definition) is 6. The number of benzene rings is 1. The summed E-state index contributed by atoms with van der Waals surface area (Å²) in [5, 5.41) is 0. The van der Waals surface area contributed by atoms with Crippen molar-refractivity contribution in [3.63, 3.8) is 0 Å². The van der Waals surface area contributed by atoms with Gasteiger partial charge in [-0.25, -0.2) is 18.4 Å². The predicted octanol–water partition coefficient (Wildman–Crippen LogP) is 3.82. The second kappa shape index (κ2) is 10.9. The molecule has 1 saturated heterocycles. The van der Waals surface area contributed by atoms with Gasteiger partial charge in [0.25, 0.3) is 0 Å². The van der Waals surface area contributed by atoms with Gasteiger partial charge in [0.2, 0.25) is 10.0 Å². The molecule has 2 aromatic rings. The number of piperazine rings is 1. The van der Waals surface area contributed by atoms with E-state index in [9.17, 15) is 8.42 Å². The first-order chi connectivity index (χ1) is 15.7. The SMILES string of the molecule is CCCS(=O)(=O)N1CCN(c2nc(C(C)C)nc(COC)c2Cc2cc(C)ccc2C)CC1. The summed E-state index contributed by atoms with van der Waals surface area (Å²) in [5.74, 6) is 2.09. The molecule has 0 atom stereocenters. The van der Waals surface area contributed by atoms with Gasteiger partial charge in [0.05, 0.1) is 18.1 Å². The third-order valence-corrected chi connectivity index (χ3v) is 8.23. The summed E-state index contributed by atoms with van der Waals surface area (Å²) in [6.07, 6.45) is 1.35. The maximum Gasteiger partial charge on any atom is 0.214 e. The maximum atomic E-state index is 12.6. The summed E-state index contributed by atoms with van der Waals surface area (Å²) in [4.78, 5) is 12.1. The van der Waals surface area contributed by atoms with Gasteiger partial charge in [0.1, 0.15) is 11.6 Å². The van der Waals surface area contributed by atoms with Gasteiger partial charge in [-0.2, -0.15) is 4.31 Å². The number of aryl methyl sites for hydroxylation is 2. The molecule has 1 aliphatic rings. The molecule has 33 heavy (non-hydrogen) atoms. The van der Waals surface area contributed by atoms with E-state index in [1.165, 1.54) is 16.7 Å². The standard InChI is InChI=1S/C25H38N4O3S/c1-7-14-33(30,31)29-12-10-28(11-13-29)25-22(16-21-15-19(4)8-9-20(21)5)23(17-32-6)26-24(27-25)18(2)3/h8-9,15,18H,7,10-14,16-17H2,1-6H3. The fourth-order valence-corrected chi connectivity index (χ4v) is 5.73. The van der Waals surface area contributed by atoms with Crippen LogP contribution in [0.25, 0.3) is 0 Å². The van der Waals surface area contributed by atoms with Gasteiger partial charge in [-0.15, -0.1) is 0 Å². The van der Waals surface area contributed by atoms with Gasteiger partial charge < -0.3 is 9.64 Å². The minimum atomic E-state index is -3.19. The smallest absolute Gasteiger partial charge is 0.214 e. The first-order valence-electron chi connectivity index (χ1n) is 11.8. The molecule has 0 unspecified atom stereocenters. The van der Waals surface area contributed by atoms with E-state index >= 15 is 0 Å². The second-order valence-corrected chi connectivity index (χ2v) is 11.3. The fourth-order valence-electron chi connectivity index (χ4n) is 4.24. The van der Waals surface area contributed by atoms with Crippen molar-refractivity contribution in [3.8, 4) is 0 Å². The molecule has 0 bridgehead atoms. The summed E-state index contributed by atoms with van der Waals surface area (Å²) in [5.41, 5.74) is 5.69. The Hall–Kier alpha value is -2.03. The highest BCUT2D eigenvalue weighted by Gasteiger charge is 2.29. The first kappa shape index (κ1) is 25.6. The van der Waals surface area contributed by atoms with Gasteiger partial charge in [0, 0.05) is 51.2 Å². The van der Waals surface area contributed by atoms with Gasteiger partial charge >= 0.3 is 0 Å². The number of aromatic nitrogens is 2. The van der Waals surface area contributed by atoms with E-state index in [1.807, 2.05) is 6.92 Å². The van der Waals surface area contributed by atoms with Crippen molar-refractivity contribution in [1.29, 1.82) is 0 Å². The van der Waals surface area contributed by atoms with Crippen molar-refractivity contribution >= 4 is 15.8 Å². The summed E-state index contributed by atoms with van der Waals surface area (Å²) in [6, 6.07) is 6.51. The summed E-state index contributed by atoms with van der Waals surface area (Å²) in [6.45, 7) is 12.9. The molecule has 0 spiro atoms. The summed E-state index contributed by atoms with van der Waals surface area (Å²) < 4.78 is 32.3. The van der Waals surface area contributed by atoms with E-state index in [0.29, 0.717) is 45.6 Å². The van der Waals surface area contributed by atoms with Crippen LogP contribution in [0.1, 0.15) is 66.9 Å². The molecule has 0 radical (unpaired) electrons. The topological polar surface area (TPSA) is 75.6 Å². The van der Waals surface area contributed by atoms with Crippen LogP contribution in [0.15, 0.2) is 18.2 Å². The lowest BCUT2D eigenvalue weighted by molar-refractivity contribution is 0.180. The van der Waals surface area contributed by atoms with Crippen LogP contribution in [0.3, 0.4) is 0 Å². The third kappa shape index (κ3) is 6.11. The van der Waals surface area contributed by atoms with E-state index in [2.05, 4.69) is 50.8 Å². The zero-order valence-electron chi connectivity index (χ0n) is 20.9. The number of sulfonamides is 1. The Kier molecular flexibility index (Phi) is 8.48. The molecule has 3 rings (SSSR count). The Morgan fingerprint density at radius 2 is 1.79 bits per heavy atom. The molecule has 1 aliphatic heterocycles. The van der Waals surface area contributed by atoms with Gasteiger partial charge in [0.15, 0.2) is 0 Å². The molecule has 0 saturated carbocycles. The van der Waals surface area contributed by atoms with E-state index in [1.54, 1.807) is 11.4 Å². The van der Waals surface area contributed by atoms with Crippen molar-refractivity contribution in [2.75, 3.05) is 43.9 Å². The Labute approximate surface area is 199 Å². The van der Waals surface area contributed by atoms with Crippen molar-refractivity contribution in [3.05, 3.63) is 52.0 Å². The minimum absolute atomic E-state index is 0.181. The number of ether oxygens (including phenoxy) is 1. The molecule has 8 heteroatoms. The van der Waals surface area contributed by atoms with Crippen LogP contribution in [-0.4, -0.2) is 61.7 Å². The molecule has 2 heterocycles. The minimum Gasteiger partial charge on any atom is -0.378 e. The number of methoxy groups -OCH3 is 1. The highest BCUT2D eigenvalue weighted by atomic mass is 32.2. The van der Waals surface area contributed by atoms with E-state index < -0.39 is 10.0 Å². The molecule has 182 valence electrons. The average Bonchev–Trinajstić information content (AvgIpc) is 2.77. The fraction of sp³-hybridized carbons (Fsp3) is 0.600. The quantitative estimate of drug-likeness (QED) is 0.550. The normalized spacial score (nSPS) is 15.4. The Morgan fingerprint density at radius 3 is 2.39 bits per heavy atom. The van der Waals surface area contributed by atoms with E-state index in [0.717, 1.165) is 22.9 Å². The Bertz CT molecular complexity index is 1060. The number of rotatable bonds is 9. The van der Waals surface area contributed by atoms with Crippen LogP contribution in [-0.2, 0) is 27.8 Å². The van der Waals surface area contributed by atoms with Crippen molar-refractivity contribution < 1.29 is 13.2 Å². The molecule has 1 fully saturated rings. The average molecular weight is 475 g/mol. The highest BCUT2D eigenvalue weighted by molar-refractivity contribution is 7.89. The maximum absolute atomic E-state index is 12.6. The molecular weight excluding hydrogens is 436 g/mol. The van der Waals surface area contributed by atoms with E-state index in [4.69, 9.17) is 14.7 Å². The van der Waals surface area contributed by atoms with Crippen LogP contribution in [0.4, 0.5) is 5.82 Å². The lowest BCUT2D eigenvalue weighted by Gasteiger charge is -2.36. The summed E-state index contributed by atoms with van der Waals surface area (Å²) in [7, 11) is -1.50. The van der Waals surface area contributed by atoms with Crippen LogP contribution >= 0.6 is 0 Å². The molecular formula is C25H38N4O3S. The van der Waals surface area contributed by atoms with Crippen LogP contribution < -0.4 is 4.90 Å². The largest absolute Gasteiger partial charge is 0.378 e. The van der Waals surface area contributed by atoms with Crippen LogP contribution in [0.5, 0.6) is 0 Å². The predicted molar refractivity (Wildman–Crippen MR) is 133 cm³/mol. The summed E-state index contributed by atoms with van der Waals surface area (Å²) >= 11 is 0. The number of hydrogen-bond donors (Lipinski definition) is 0. The molecule has 7 nitrogen and oxygen atoms in total. The molecule has 0 N–H and O–H groups in total. The molecule has 1 aromatic heterocycles. The highest BCUT2D eigenvalue weighted by Crippen LogP contribution is 2.29. The lowest BCUT2D eigenvalue weighted by Crippen LogP contribution is -2.50. The Balaban J connectivity index is 2.01. The van der Waals surface area contributed by atoms with Crippen LogP contribution in [0, 0.1) is 13.8 Å². The number of nitrogens with zero attached hydrogens (tertiary/aromatic N) is 4. The van der Waals surface area contributed by atoms with Gasteiger partial charge in [-0.3, -0.25) is 0 Å². The molecule has 1 aromatic carbocycles. The van der Waals surface area contributed by atoms with Crippen LogP contribution in [0.2, 0.25) is 0 Å². The lowest BCUT2D eigenvalue weighted by atomic mass is 9.97. The first-order valence-corrected chi connectivity index (χ1v) is 13.4. The zero-order valence-corrected chi connectivity index (χ0v) is 21.7. The molecule has 0 aliphatic carbocycles. The van der Waals surface area contributed by atoms with Gasteiger partial charge in [-0.1, -0.05) is 44.5 Å². The van der Waals surface area contributed by atoms with Crippen molar-refractivity contribution in [2.45, 2.75) is 60.0 Å². The second-order valence-electron chi connectivity index (χ2n) is 9.23. The zero-order chi connectivity index (χ0) is 24.2.